The van der Waals surface area contributed by atoms with Gasteiger partial charge in [-0.3, -0.25) is 4.98 Å². The maximum absolute atomic E-state index is 4.18. The van der Waals surface area contributed by atoms with E-state index in [1.54, 1.807) is 6.20 Å². The van der Waals surface area contributed by atoms with Crippen molar-refractivity contribution in [3.8, 4) is 0 Å². The van der Waals surface area contributed by atoms with Gasteiger partial charge >= 0.3 is 0 Å². The minimum atomic E-state index is 0.208. The molecule has 2 aromatic rings. The highest BCUT2D eigenvalue weighted by molar-refractivity contribution is 7.99. The number of hydrogen-bond acceptors (Lipinski definition) is 3. The number of benzene rings is 1. The van der Waals surface area contributed by atoms with Crippen molar-refractivity contribution in [2.45, 2.75) is 17.9 Å². The van der Waals surface area contributed by atoms with E-state index >= 15 is 0 Å². The lowest BCUT2D eigenvalue weighted by Crippen LogP contribution is -2.17. The van der Waals surface area contributed by atoms with Gasteiger partial charge in [0, 0.05) is 17.3 Å². The molecule has 1 aromatic heterocycles. The van der Waals surface area contributed by atoms with E-state index in [9.17, 15) is 0 Å². The van der Waals surface area contributed by atoms with E-state index in [0.29, 0.717) is 0 Å². The van der Waals surface area contributed by atoms with Crippen molar-refractivity contribution in [3.63, 3.8) is 0 Å². The maximum Gasteiger partial charge on any atom is 0.0589 e. The zero-order valence-corrected chi connectivity index (χ0v) is 11.6. The first-order chi connectivity index (χ1) is 8.85. The number of rotatable bonds is 5. The van der Waals surface area contributed by atoms with Crippen molar-refractivity contribution in [1.82, 2.24) is 10.3 Å². The molecule has 0 fully saturated rings. The zero-order chi connectivity index (χ0) is 12.8. The monoisotopic (exact) mass is 258 g/mol. The van der Waals surface area contributed by atoms with Crippen molar-refractivity contribution in [2.24, 2.45) is 0 Å². The lowest BCUT2D eigenvalue weighted by atomic mass is 10.0. The molecule has 0 saturated heterocycles. The fourth-order valence-corrected chi connectivity index (χ4v) is 2.66. The molecule has 1 heterocycles. The lowest BCUT2D eigenvalue weighted by molar-refractivity contribution is 0.688. The van der Waals surface area contributed by atoms with Gasteiger partial charge in [0.2, 0.25) is 0 Å². The van der Waals surface area contributed by atoms with Gasteiger partial charge in [-0.2, -0.15) is 0 Å². The highest BCUT2D eigenvalue weighted by Crippen LogP contribution is 2.24. The molecule has 0 amide bonds. The second-order valence-electron chi connectivity index (χ2n) is 4.01. The molecule has 0 radical (unpaired) electrons. The van der Waals surface area contributed by atoms with Crippen LogP contribution in [0.25, 0.3) is 0 Å². The summed E-state index contributed by atoms with van der Waals surface area (Å²) in [4.78, 5) is 5.50. The van der Waals surface area contributed by atoms with Crippen LogP contribution in [0.3, 0.4) is 0 Å². The Balaban J connectivity index is 2.23. The topological polar surface area (TPSA) is 24.9 Å². The molecule has 0 aliphatic rings. The van der Waals surface area contributed by atoms with Crippen LogP contribution in [0.15, 0.2) is 53.7 Å². The standard InChI is InChI=1S/C15H18N2S/c1-3-18-14-8-6-12(7-9-14)15(16-2)13-5-4-10-17-11-13/h4-11,15-16H,3H2,1-2H3. The molecule has 2 rings (SSSR count). The van der Waals surface area contributed by atoms with Crippen molar-refractivity contribution < 1.29 is 0 Å². The number of hydrogen-bond donors (Lipinski definition) is 1. The maximum atomic E-state index is 4.18. The SMILES string of the molecule is CCSc1ccc(C(NC)c2cccnc2)cc1. The molecule has 3 heteroatoms. The number of nitrogens with zero attached hydrogens (tertiary/aromatic N) is 1. The van der Waals surface area contributed by atoms with Crippen molar-refractivity contribution in [3.05, 3.63) is 59.9 Å². The van der Waals surface area contributed by atoms with Crippen LogP contribution in [0, 0.1) is 0 Å². The zero-order valence-electron chi connectivity index (χ0n) is 10.8. The summed E-state index contributed by atoms with van der Waals surface area (Å²) in [5.41, 5.74) is 2.46. The van der Waals surface area contributed by atoms with E-state index in [2.05, 4.69) is 47.6 Å². The molecule has 1 aromatic carbocycles. The van der Waals surface area contributed by atoms with Gasteiger partial charge in [-0.05, 0) is 42.1 Å². The Labute approximate surface area is 113 Å². The molecule has 0 spiro atoms. The van der Waals surface area contributed by atoms with Gasteiger partial charge in [0.25, 0.3) is 0 Å². The van der Waals surface area contributed by atoms with E-state index in [1.807, 2.05) is 31.1 Å². The van der Waals surface area contributed by atoms with Crippen LogP contribution in [0.2, 0.25) is 0 Å². The fourth-order valence-electron chi connectivity index (χ4n) is 2.00. The van der Waals surface area contributed by atoms with Crippen LogP contribution in [-0.2, 0) is 0 Å². The summed E-state index contributed by atoms with van der Waals surface area (Å²) in [6.45, 7) is 2.17. The summed E-state index contributed by atoms with van der Waals surface area (Å²) in [5.74, 6) is 1.11. The first-order valence-corrected chi connectivity index (χ1v) is 7.13. The normalized spacial score (nSPS) is 12.3. The van der Waals surface area contributed by atoms with Crippen LogP contribution in [0.5, 0.6) is 0 Å². The van der Waals surface area contributed by atoms with Gasteiger partial charge in [0.05, 0.1) is 6.04 Å². The number of aromatic nitrogens is 1. The number of nitrogens with one attached hydrogen (secondary N) is 1. The Morgan fingerprint density at radius 1 is 1.17 bits per heavy atom. The summed E-state index contributed by atoms with van der Waals surface area (Å²) in [5, 5.41) is 3.34. The van der Waals surface area contributed by atoms with Gasteiger partial charge in [0.15, 0.2) is 0 Å². The Bertz CT molecular complexity index is 468. The summed E-state index contributed by atoms with van der Waals surface area (Å²) in [7, 11) is 1.98. The number of thioether (sulfide) groups is 1. The summed E-state index contributed by atoms with van der Waals surface area (Å²) in [6.07, 6.45) is 3.72. The average Bonchev–Trinajstić information content (AvgIpc) is 2.43. The van der Waals surface area contributed by atoms with Crippen molar-refractivity contribution in [1.29, 1.82) is 0 Å². The summed E-state index contributed by atoms with van der Waals surface area (Å²) in [6, 6.07) is 13.0. The van der Waals surface area contributed by atoms with Crippen LogP contribution < -0.4 is 5.32 Å². The molecule has 2 nitrogen and oxygen atoms in total. The predicted octanol–water partition coefficient (Wildman–Crippen LogP) is 3.50. The quantitative estimate of drug-likeness (QED) is 0.831. The van der Waals surface area contributed by atoms with Crippen LogP contribution in [-0.4, -0.2) is 17.8 Å². The van der Waals surface area contributed by atoms with Crippen LogP contribution in [0.1, 0.15) is 24.1 Å². The van der Waals surface area contributed by atoms with Gasteiger partial charge in [-0.1, -0.05) is 25.1 Å². The van der Waals surface area contributed by atoms with Crippen molar-refractivity contribution in [2.75, 3.05) is 12.8 Å². The Morgan fingerprint density at radius 2 is 1.94 bits per heavy atom. The summed E-state index contributed by atoms with van der Waals surface area (Å²) >= 11 is 1.87. The molecule has 1 N–H and O–H groups in total. The Morgan fingerprint density at radius 3 is 2.50 bits per heavy atom. The molecular formula is C15H18N2S. The minimum absolute atomic E-state index is 0.208. The molecule has 0 saturated carbocycles. The van der Waals surface area contributed by atoms with E-state index in [0.717, 1.165) is 5.75 Å². The Hall–Kier alpha value is -1.32. The molecular weight excluding hydrogens is 240 g/mol. The highest BCUT2D eigenvalue weighted by Gasteiger charge is 2.11. The third kappa shape index (κ3) is 3.12. The molecule has 18 heavy (non-hydrogen) atoms. The van der Waals surface area contributed by atoms with E-state index in [-0.39, 0.29) is 6.04 Å². The summed E-state index contributed by atoms with van der Waals surface area (Å²) < 4.78 is 0. The first kappa shape index (κ1) is 13.1. The molecule has 94 valence electrons. The minimum Gasteiger partial charge on any atom is -0.309 e. The second kappa shape index (κ2) is 6.57. The van der Waals surface area contributed by atoms with Gasteiger partial charge in [-0.25, -0.2) is 0 Å². The smallest absolute Gasteiger partial charge is 0.0589 e. The third-order valence-corrected chi connectivity index (χ3v) is 3.73. The van der Waals surface area contributed by atoms with Gasteiger partial charge in [0.1, 0.15) is 0 Å². The van der Waals surface area contributed by atoms with Crippen LogP contribution in [0.4, 0.5) is 0 Å². The van der Waals surface area contributed by atoms with Crippen LogP contribution >= 0.6 is 11.8 Å². The Kier molecular flexibility index (Phi) is 4.79. The van der Waals surface area contributed by atoms with Crippen molar-refractivity contribution >= 4 is 11.8 Å². The van der Waals surface area contributed by atoms with E-state index in [1.165, 1.54) is 16.0 Å². The molecule has 1 unspecified atom stereocenters. The third-order valence-electron chi connectivity index (χ3n) is 2.83. The van der Waals surface area contributed by atoms with E-state index < -0.39 is 0 Å². The molecule has 0 aliphatic heterocycles. The average molecular weight is 258 g/mol. The molecule has 1 atom stereocenters. The number of pyridine rings is 1. The molecule has 0 aliphatic carbocycles. The van der Waals surface area contributed by atoms with E-state index in [4.69, 9.17) is 0 Å². The fraction of sp³-hybridized carbons (Fsp3) is 0.267. The first-order valence-electron chi connectivity index (χ1n) is 6.15. The highest BCUT2D eigenvalue weighted by atomic mass is 32.2. The van der Waals surface area contributed by atoms with Gasteiger partial charge in [-0.15, -0.1) is 11.8 Å². The predicted molar refractivity (Wildman–Crippen MR) is 78.0 cm³/mol. The van der Waals surface area contributed by atoms with Gasteiger partial charge < -0.3 is 5.32 Å². The second-order valence-corrected chi connectivity index (χ2v) is 5.35. The molecule has 0 bridgehead atoms. The lowest BCUT2D eigenvalue weighted by Gasteiger charge is -2.17. The largest absolute Gasteiger partial charge is 0.309 e.